The van der Waals surface area contributed by atoms with Crippen molar-refractivity contribution in [3.63, 3.8) is 0 Å². The fraction of sp³-hybridized carbons (Fsp3) is 0.583. The zero-order valence-electron chi connectivity index (χ0n) is 10.8. The van der Waals surface area contributed by atoms with Crippen molar-refractivity contribution in [1.82, 2.24) is 15.3 Å². The van der Waals surface area contributed by atoms with Gasteiger partial charge >= 0.3 is 5.97 Å². The van der Waals surface area contributed by atoms with E-state index >= 15 is 0 Å². The quantitative estimate of drug-likeness (QED) is 0.536. The van der Waals surface area contributed by atoms with Gasteiger partial charge in [0, 0.05) is 19.3 Å². The highest BCUT2D eigenvalue weighted by Crippen LogP contribution is 1.93. The Hall–Kier alpha value is -1.53. The number of nitrogens with zero attached hydrogens (tertiary/aromatic N) is 2. The second-order valence-electron chi connectivity index (χ2n) is 3.63. The van der Waals surface area contributed by atoms with Gasteiger partial charge in [0.05, 0.1) is 18.9 Å². The molecule has 0 fully saturated rings. The maximum Gasteiger partial charge on any atom is 0.332 e. The molecule has 1 aromatic rings. The minimum absolute atomic E-state index is 0.00212. The van der Waals surface area contributed by atoms with Crippen molar-refractivity contribution >= 4 is 5.97 Å². The van der Waals surface area contributed by atoms with Crippen molar-refractivity contribution < 1.29 is 14.3 Å². The summed E-state index contributed by atoms with van der Waals surface area (Å²) in [4.78, 5) is 19.2. The Morgan fingerprint density at radius 2 is 2.33 bits per heavy atom. The third kappa shape index (κ3) is 6.27. The number of aromatic nitrogens is 2. The first kappa shape index (κ1) is 14.5. The fourth-order valence-electron chi connectivity index (χ4n) is 1.32. The highest BCUT2D eigenvalue weighted by molar-refractivity contribution is 5.70. The van der Waals surface area contributed by atoms with E-state index in [0.717, 1.165) is 11.5 Å². The molecule has 1 N–H and O–H groups in total. The van der Waals surface area contributed by atoms with Gasteiger partial charge in [0.1, 0.15) is 12.4 Å². The molecule has 1 heterocycles. The van der Waals surface area contributed by atoms with Crippen LogP contribution in [0.15, 0.2) is 12.3 Å². The molecule has 0 saturated heterocycles. The van der Waals surface area contributed by atoms with E-state index in [0.29, 0.717) is 26.3 Å². The normalized spacial score (nSPS) is 10.3. The van der Waals surface area contributed by atoms with Crippen molar-refractivity contribution in [2.24, 2.45) is 0 Å². The second kappa shape index (κ2) is 8.54. The standard InChI is InChI=1S/C12H19N3O3/c1-3-18-12(16)9-17-7-6-13-8-11-4-5-14-10(2)15-11/h4-5,13H,3,6-9H2,1-2H3. The zero-order chi connectivity index (χ0) is 13.2. The van der Waals surface area contributed by atoms with Crippen molar-refractivity contribution in [3.05, 3.63) is 23.8 Å². The van der Waals surface area contributed by atoms with Gasteiger partial charge in [0.25, 0.3) is 0 Å². The summed E-state index contributed by atoms with van der Waals surface area (Å²) in [5.74, 6) is 0.428. The van der Waals surface area contributed by atoms with Crippen LogP contribution in [0.2, 0.25) is 0 Å². The van der Waals surface area contributed by atoms with Crippen LogP contribution in [0.4, 0.5) is 0 Å². The summed E-state index contributed by atoms with van der Waals surface area (Å²) in [7, 11) is 0. The van der Waals surface area contributed by atoms with Crippen molar-refractivity contribution in [3.8, 4) is 0 Å². The summed E-state index contributed by atoms with van der Waals surface area (Å²) in [5, 5.41) is 3.17. The molecule has 0 bridgehead atoms. The summed E-state index contributed by atoms with van der Waals surface area (Å²) >= 11 is 0. The molecule has 100 valence electrons. The lowest BCUT2D eigenvalue weighted by atomic mass is 10.4. The molecule has 6 nitrogen and oxygen atoms in total. The van der Waals surface area contributed by atoms with Gasteiger partial charge in [0.15, 0.2) is 0 Å². The van der Waals surface area contributed by atoms with Gasteiger partial charge in [-0.2, -0.15) is 0 Å². The predicted molar refractivity (Wildman–Crippen MR) is 65.9 cm³/mol. The molecule has 0 spiro atoms. The van der Waals surface area contributed by atoms with Crippen molar-refractivity contribution in [1.29, 1.82) is 0 Å². The van der Waals surface area contributed by atoms with E-state index < -0.39 is 0 Å². The maximum atomic E-state index is 11.0. The van der Waals surface area contributed by atoms with E-state index in [1.54, 1.807) is 13.1 Å². The molecule has 0 aliphatic heterocycles. The van der Waals surface area contributed by atoms with E-state index in [9.17, 15) is 4.79 Å². The van der Waals surface area contributed by atoms with Gasteiger partial charge in [-0.25, -0.2) is 14.8 Å². The summed E-state index contributed by atoms with van der Waals surface area (Å²) in [6.45, 7) is 5.78. The highest BCUT2D eigenvalue weighted by atomic mass is 16.6. The van der Waals surface area contributed by atoms with E-state index in [1.165, 1.54) is 0 Å². The molecular weight excluding hydrogens is 234 g/mol. The average molecular weight is 253 g/mol. The molecule has 1 rings (SSSR count). The van der Waals surface area contributed by atoms with Gasteiger partial charge in [-0.1, -0.05) is 0 Å². The lowest BCUT2D eigenvalue weighted by molar-refractivity contribution is -0.148. The molecule has 0 atom stereocenters. The molecule has 0 aliphatic rings. The molecule has 18 heavy (non-hydrogen) atoms. The van der Waals surface area contributed by atoms with Crippen LogP contribution in [0.5, 0.6) is 0 Å². The Morgan fingerprint density at radius 1 is 1.50 bits per heavy atom. The number of aryl methyl sites for hydroxylation is 1. The summed E-state index contributed by atoms with van der Waals surface area (Å²) in [6, 6.07) is 1.86. The highest BCUT2D eigenvalue weighted by Gasteiger charge is 2.00. The maximum absolute atomic E-state index is 11.0. The minimum Gasteiger partial charge on any atom is -0.464 e. The molecule has 6 heteroatoms. The number of esters is 1. The summed E-state index contributed by atoms with van der Waals surface area (Å²) < 4.78 is 9.87. The molecule has 0 amide bonds. The van der Waals surface area contributed by atoms with Gasteiger partial charge in [-0.3, -0.25) is 0 Å². The van der Waals surface area contributed by atoms with E-state index in [-0.39, 0.29) is 12.6 Å². The molecule has 0 aliphatic carbocycles. The first-order valence-corrected chi connectivity index (χ1v) is 5.95. The molecule has 0 saturated carbocycles. The van der Waals surface area contributed by atoms with Crippen LogP contribution in [0.3, 0.4) is 0 Å². The molecule has 0 unspecified atom stereocenters. The number of carbonyl (C=O) groups excluding carboxylic acids is 1. The topological polar surface area (TPSA) is 73.3 Å². The van der Waals surface area contributed by atoms with E-state index in [1.807, 2.05) is 13.0 Å². The van der Waals surface area contributed by atoms with Crippen LogP contribution in [0.25, 0.3) is 0 Å². The lowest BCUT2D eigenvalue weighted by Gasteiger charge is -2.06. The summed E-state index contributed by atoms with van der Waals surface area (Å²) in [6.07, 6.45) is 1.73. The van der Waals surface area contributed by atoms with Gasteiger partial charge in [0.2, 0.25) is 0 Å². The van der Waals surface area contributed by atoms with E-state index in [2.05, 4.69) is 15.3 Å². The number of hydrogen-bond acceptors (Lipinski definition) is 6. The van der Waals surface area contributed by atoms with Crippen LogP contribution >= 0.6 is 0 Å². The first-order chi connectivity index (χ1) is 8.72. The molecule has 0 aromatic carbocycles. The Bertz CT molecular complexity index is 371. The summed E-state index contributed by atoms with van der Waals surface area (Å²) in [5.41, 5.74) is 0.938. The van der Waals surface area contributed by atoms with Crippen LogP contribution in [0.1, 0.15) is 18.4 Å². The number of rotatable bonds is 8. The van der Waals surface area contributed by atoms with Crippen molar-refractivity contribution in [2.45, 2.75) is 20.4 Å². The largest absolute Gasteiger partial charge is 0.464 e. The fourth-order valence-corrected chi connectivity index (χ4v) is 1.32. The predicted octanol–water partition coefficient (Wildman–Crippen LogP) is 0.454. The Labute approximate surface area is 107 Å². The van der Waals surface area contributed by atoms with Gasteiger partial charge in [-0.05, 0) is 19.9 Å². The number of carbonyl (C=O) groups is 1. The number of nitrogens with one attached hydrogen (secondary N) is 1. The first-order valence-electron chi connectivity index (χ1n) is 5.95. The van der Waals surface area contributed by atoms with Gasteiger partial charge < -0.3 is 14.8 Å². The van der Waals surface area contributed by atoms with Crippen molar-refractivity contribution in [2.75, 3.05) is 26.4 Å². The molecular formula is C12H19N3O3. The zero-order valence-corrected chi connectivity index (χ0v) is 10.8. The Balaban J connectivity index is 2.04. The van der Waals surface area contributed by atoms with Gasteiger partial charge in [-0.15, -0.1) is 0 Å². The van der Waals surface area contributed by atoms with Crippen LogP contribution in [0, 0.1) is 6.92 Å². The molecule has 1 aromatic heterocycles. The third-order valence-electron chi connectivity index (χ3n) is 2.09. The SMILES string of the molecule is CCOC(=O)COCCNCc1ccnc(C)n1. The number of ether oxygens (including phenoxy) is 2. The average Bonchev–Trinajstić information content (AvgIpc) is 2.34. The second-order valence-corrected chi connectivity index (χ2v) is 3.63. The Kier molecular flexibility index (Phi) is 6.90. The van der Waals surface area contributed by atoms with Crippen LogP contribution < -0.4 is 5.32 Å². The number of hydrogen-bond donors (Lipinski definition) is 1. The minimum atomic E-state index is -0.330. The Morgan fingerprint density at radius 3 is 3.06 bits per heavy atom. The molecule has 0 radical (unpaired) electrons. The van der Waals surface area contributed by atoms with E-state index in [4.69, 9.17) is 9.47 Å². The van der Waals surface area contributed by atoms with Crippen LogP contribution in [-0.4, -0.2) is 42.3 Å². The smallest absolute Gasteiger partial charge is 0.332 e. The van der Waals surface area contributed by atoms with Crippen LogP contribution in [-0.2, 0) is 20.8 Å². The lowest BCUT2D eigenvalue weighted by Crippen LogP contribution is -2.22. The third-order valence-corrected chi connectivity index (χ3v) is 2.09. The monoisotopic (exact) mass is 253 g/mol.